The van der Waals surface area contributed by atoms with Crippen molar-refractivity contribution in [2.45, 2.75) is 49.5 Å². The molecule has 9 heteroatoms. The van der Waals surface area contributed by atoms with Gasteiger partial charge < -0.3 is 20.1 Å². The third-order valence-electron chi connectivity index (χ3n) is 4.23. The number of aromatic nitrogens is 2. The number of nitrogens with zero attached hydrogens (tertiary/aromatic N) is 2. The minimum Gasteiger partial charge on any atom is -0.388 e. The first-order valence-electron chi connectivity index (χ1n) is 7.33. The first kappa shape index (κ1) is 17.7. The van der Waals surface area contributed by atoms with Gasteiger partial charge in [0.1, 0.15) is 0 Å². The molecule has 1 aromatic heterocycles. The predicted octanol–water partition coefficient (Wildman–Crippen LogP) is 0.981. The molecule has 6 nitrogen and oxygen atoms in total. The molecule has 0 radical (unpaired) electrons. The zero-order valence-electron chi connectivity index (χ0n) is 12.7. The molecule has 1 aliphatic carbocycles. The van der Waals surface area contributed by atoms with E-state index < -0.39 is 35.5 Å². The second-order valence-corrected chi connectivity index (χ2v) is 6.10. The summed E-state index contributed by atoms with van der Waals surface area (Å²) in [5.74, 6) is -1.65. The molecule has 23 heavy (non-hydrogen) atoms. The van der Waals surface area contributed by atoms with Crippen molar-refractivity contribution in [3.8, 4) is 0 Å². The standard InChI is InChI=1S/C14H20F3N3O3/c1-20-7-6-18-11(20)13(23,14(15,16)17)8-10(21)19-9-12(22)4-2-3-5-12/h6-7,22-23H,2-5,8-9H2,1H3,(H,19,21). The Hall–Kier alpha value is -1.61. The Bertz CT molecular complexity index is 567. The molecule has 0 bridgehead atoms. The van der Waals surface area contributed by atoms with Crippen molar-refractivity contribution in [2.75, 3.05) is 6.54 Å². The van der Waals surface area contributed by atoms with Crippen LogP contribution in [0.2, 0.25) is 0 Å². The van der Waals surface area contributed by atoms with Crippen LogP contribution in [0.4, 0.5) is 13.2 Å². The van der Waals surface area contributed by atoms with Crippen molar-refractivity contribution >= 4 is 5.91 Å². The number of carbonyl (C=O) groups is 1. The molecule has 1 aromatic rings. The van der Waals surface area contributed by atoms with Crippen LogP contribution >= 0.6 is 0 Å². The van der Waals surface area contributed by atoms with E-state index in [-0.39, 0.29) is 6.54 Å². The summed E-state index contributed by atoms with van der Waals surface area (Å²) in [6.07, 6.45) is -1.29. The fourth-order valence-corrected chi connectivity index (χ4v) is 2.84. The lowest BCUT2D eigenvalue weighted by atomic mass is 9.96. The minimum atomic E-state index is -5.06. The molecule has 130 valence electrons. The fourth-order valence-electron chi connectivity index (χ4n) is 2.84. The number of hydrogen-bond acceptors (Lipinski definition) is 4. The number of alkyl halides is 3. The van der Waals surface area contributed by atoms with E-state index in [1.807, 2.05) is 0 Å². The largest absolute Gasteiger partial charge is 0.425 e. The number of amides is 1. The van der Waals surface area contributed by atoms with E-state index in [9.17, 15) is 28.2 Å². The highest BCUT2D eigenvalue weighted by atomic mass is 19.4. The van der Waals surface area contributed by atoms with Crippen LogP contribution in [0.15, 0.2) is 12.4 Å². The van der Waals surface area contributed by atoms with Gasteiger partial charge in [-0.15, -0.1) is 0 Å². The summed E-state index contributed by atoms with van der Waals surface area (Å²) in [7, 11) is 1.30. The second kappa shape index (κ2) is 6.12. The van der Waals surface area contributed by atoms with Gasteiger partial charge in [-0.25, -0.2) is 4.98 Å². The summed E-state index contributed by atoms with van der Waals surface area (Å²) < 4.78 is 40.9. The number of imidazole rings is 1. The monoisotopic (exact) mass is 335 g/mol. The van der Waals surface area contributed by atoms with E-state index in [1.54, 1.807) is 0 Å². The molecule has 1 unspecified atom stereocenters. The first-order valence-corrected chi connectivity index (χ1v) is 7.33. The highest BCUT2D eigenvalue weighted by molar-refractivity contribution is 5.77. The molecule has 1 saturated carbocycles. The van der Waals surface area contributed by atoms with Gasteiger partial charge in [-0.2, -0.15) is 13.2 Å². The Balaban J connectivity index is 2.09. The lowest BCUT2D eigenvalue weighted by Gasteiger charge is -2.30. The maximum Gasteiger partial charge on any atom is 0.425 e. The SMILES string of the molecule is Cn1ccnc1C(O)(CC(=O)NCC1(O)CCCC1)C(F)(F)F. The fraction of sp³-hybridized carbons (Fsp3) is 0.714. The first-order chi connectivity index (χ1) is 10.6. The van der Waals surface area contributed by atoms with E-state index in [0.29, 0.717) is 12.8 Å². The number of carbonyl (C=O) groups excluding carboxylic acids is 1. The predicted molar refractivity (Wildman–Crippen MR) is 74.2 cm³/mol. The molecule has 1 heterocycles. The molecular weight excluding hydrogens is 315 g/mol. The summed E-state index contributed by atoms with van der Waals surface area (Å²) >= 11 is 0. The normalized spacial score (nSPS) is 20.3. The van der Waals surface area contributed by atoms with Crippen LogP contribution < -0.4 is 5.32 Å². The zero-order valence-corrected chi connectivity index (χ0v) is 12.7. The van der Waals surface area contributed by atoms with Crippen LogP contribution in [0, 0.1) is 0 Å². The van der Waals surface area contributed by atoms with Crippen LogP contribution in [-0.4, -0.2) is 44.0 Å². The summed E-state index contributed by atoms with van der Waals surface area (Å²) in [5.41, 5.74) is -4.46. The minimum absolute atomic E-state index is 0.125. The number of rotatable bonds is 5. The van der Waals surface area contributed by atoms with Gasteiger partial charge >= 0.3 is 6.18 Å². The van der Waals surface area contributed by atoms with Gasteiger partial charge in [-0.05, 0) is 12.8 Å². The van der Waals surface area contributed by atoms with E-state index >= 15 is 0 Å². The summed E-state index contributed by atoms with van der Waals surface area (Å²) in [6.45, 7) is -0.125. The van der Waals surface area contributed by atoms with Crippen LogP contribution in [0.3, 0.4) is 0 Å². The van der Waals surface area contributed by atoms with Crippen molar-refractivity contribution < 1.29 is 28.2 Å². The smallest absolute Gasteiger partial charge is 0.388 e. The molecule has 1 aliphatic rings. The van der Waals surface area contributed by atoms with Gasteiger partial charge in [-0.1, -0.05) is 12.8 Å². The maximum atomic E-state index is 13.3. The lowest BCUT2D eigenvalue weighted by Crippen LogP contribution is -2.49. The molecule has 1 fully saturated rings. The maximum absolute atomic E-state index is 13.3. The number of hydrogen-bond donors (Lipinski definition) is 3. The topological polar surface area (TPSA) is 87.4 Å². The van der Waals surface area contributed by atoms with Crippen molar-refractivity contribution in [3.63, 3.8) is 0 Å². The third kappa shape index (κ3) is 3.66. The van der Waals surface area contributed by atoms with E-state index in [2.05, 4.69) is 10.3 Å². The Morgan fingerprint density at radius 3 is 2.52 bits per heavy atom. The molecule has 0 aromatic carbocycles. The molecule has 0 aliphatic heterocycles. The summed E-state index contributed by atoms with van der Waals surface area (Å²) in [6, 6.07) is 0. The Morgan fingerprint density at radius 1 is 1.43 bits per heavy atom. The molecule has 1 amide bonds. The van der Waals surface area contributed by atoms with Crippen LogP contribution in [0.25, 0.3) is 0 Å². The van der Waals surface area contributed by atoms with Gasteiger partial charge in [-0.3, -0.25) is 4.79 Å². The van der Waals surface area contributed by atoms with Crippen molar-refractivity contribution in [2.24, 2.45) is 7.05 Å². The van der Waals surface area contributed by atoms with E-state index in [4.69, 9.17) is 0 Å². The Labute approximate surface area is 131 Å². The summed E-state index contributed by atoms with van der Waals surface area (Å²) in [4.78, 5) is 15.4. The average Bonchev–Trinajstić information content (AvgIpc) is 3.05. The zero-order chi connectivity index (χ0) is 17.3. The van der Waals surface area contributed by atoms with E-state index in [1.165, 1.54) is 13.2 Å². The van der Waals surface area contributed by atoms with Crippen molar-refractivity contribution in [1.29, 1.82) is 0 Å². The number of halogens is 3. The molecular formula is C14H20F3N3O3. The Morgan fingerprint density at radius 2 is 2.04 bits per heavy atom. The third-order valence-corrected chi connectivity index (χ3v) is 4.23. The van der Waals surface area contributed by atoms with E-state index in [0.717, 1.165) is 23.6 Å². The lowest BCUT2D eigenvalue weighted by molar-refractivity contribution is -0.271. The van der Waals surface area contributed by atoms with Crippen molar-refractivity contribution in [1.82, 2.24) is 14.9 Å². The quantitative estimate of drug-likeness (QED) is 0.749. The molecule has 0 spiro atoms. The number of aryl methyl sites for hydroxylation is 1. The second-order valence-electron chi connectivity index (χ2n) is 6.10. The molecule has 3 N–H and O–H groups in total. The molecule has 0 saturated heterocycles. The summed E-state index contributed by atoms with van der Waals surface area (Å²) in [5, 5.41) is 22.5. The Kier molecular flexibility index (Phi) is 4.72. The molecule has 1 atom stereocenters. The number of aliphatic hydroxyl groups is 2. The highest BCUT2D eigenvalue weighted by Gasteiger charge is 2.58. The van der Waals surface area contributed by atoms with Crippen LogP contribution in [0.1, 0.15) is 37.9 Å². The van der Waals surface area contributed by atoms with Gasteiger partial charge in [0.25, 0.3) is 0 Å². The highest BCUT2D eigenvalue weighted by Crippen LogP contribution is 2.40. The van der Waals surface area contributed by atoms with Crippen molar-refractivity contribution in [3.05, 3.63) is 18.2 Å². The molecule has 2 rings (SSSR count). The van der Waals surface area contributed by atoms with Gasteiger partial charge in [0, 0.05) is 26.0 Å². The van der Waals surface area contributed by atoms with Gasteiger partial charge in [0.15, 0.2) is 5.82 Å². The van der Waals surface area contributed by atoms with Crippen LogP contribution in [0.5, 0.6) is 0 Å². The van der Waals surface area contributed by atoms with Gasteiger partial charge in [0.05, 0.1) is 12.0 Å². The number of nitrogens with one attached hydrogen (secondary N) is 1. The van der Waals surface area contributed by atoms with Gasteiger partial charge in [0.2, 0.25) is 11.5 Å². The van der Waals surface area contributed by atoms with Crippen LogP contribution in [-0.2, 0) is 17.4 Å². The average molecular weight is 335 g/mol.